The summed E-state index contributed by atoms with van der Waals surface area (Å²) in [6.45, 7) is 5.44. The van der Waals surface area contributed by atoms with Crippen molar-refractivity contribution in [2.75, 3.05) is 26.2 Å². The summed E-state index contributed by atoms with van der Waals surface area (Å²) in [5, 5.41) is 21.4. The Balaban J connectivity index is 1.85. The van der Waals surface area contributed by atoms with Crippen LogP contribution in [0.3, 0.4) is 0 Å². The first kappa shape index (κ1) is 15.2. The van der Waals surface area contributed by atoms with Gasteiger partial charge in [-0.15, -0.1) is 0 Å². The Labute approximate surface area is 130 Å². The lowest BCUT2D eigenvalue weighted by molar-refractivity contribution is -0.386. The van der Waals surface area contributed by atoms with E-state index in [0.717, 1.165) is 51.1 Å². The van der Waals surface area contributed by atoms with Crippen molar-refractivity contribution in [3.63, 3.8) is 0 Å². The summed E-state index contributed by atoms with van der Waals surface area (Å²) in [5.74, 6) is -0.165. The molecule has 2 aliphatic heterocycles. The monoisotopic (exact) mass is 305 g/mol. The fraction of sp³-hybridized carbons (Fsp3) is 0.625. The van der Waals surface area contributed by atoms with Crippen molar-refractivity contribution in [3.8, 4) is 5.75 Å². The highest BCUT2D eigenvalue weighted by Crippen LogP contribution is 2.33. The van der Waals surface area contributed by atoms with E-state index in [1.54, 1.807) is 0 Å². The number of nitrogens with zero attached hydrogens (tertiary/aromatic N) is 3. The Morgan fingerprint density at radius 3 is 2.09 bits per heavy atom. The van der Waals surface area contributed by atoms with Crippen molar-refractivity contribution < 1.29 is 10.0 Å². The third kappa shape index (κ3) is 3.39. The summed E-state index contributed by atoms with van der Waals surface area (Å²) >= 11 is 0. The summed E-state index contributed by atoms with van der Waals surface area (Å²) in [6.07, 6.45) is 4.72. The van der Waals surface area contributed by atoms with Gasteiger partial charge in [0.05, 0.1) is 4.92 Å². The number of nitro groups is 1. The minimum Gasteiger partial charge on any atom is -0.502 e. The first-order valence-electron chi connectivity index (χ1n) is 8.07. The molecule has 0 saturated carbocycles. The van der Waals surface area contributed by atoms with Crippen molar-refractivity contribution in [1.82, 2.24) is 9.80 Å². The molecular weight excluding hydrogens is 282 g/mol. The number of rotatable bonds is 5. The summed E-state index contributed by atoms with van der Waals surface area (Å²) in [7, 11) is 0. The Hall–Kier alpha value is -1.66. The van der Waals surface area contributed by atoms with Crippen molar-refractivity contribution in [3.05, 3.63) is 33.4 Å². The zero-order valence-corrected chi connectivity index (χ0v) is 12.8. The third-order valence-electron chi connectivity index (χ3n) is 4.62. The van der Waals surface area contributed by atoms with Gasteiger partial charge in [0.1, 0.15) is 0 Å². The standard InChI is InChI=1S/C16H23N3O3/c20-16-14(12-18-7-3-4-8-18)9-13(10-15(16)19(21)22)11-17-5-1-2-6-17/h9-10,20H,1-8,11-12H2. The number of hydrogen-bond donors (Lipinski definition) is 1. The van der Waals surface area contributed by atoms with Crippen LogP contribution in [0, 0.1) is 10.1 Å². The molecule has 2 heterocycles. The average Bonchev–Trinajstić information content (AvgIpc) is 3.15. The average molecular weight is 305 g/mol. The molecule has 0 radical (unpaired) electrons. The molecule has 2 aliphatic rings. The maximum absolute atomic E-state index is 11.2. The van der Waals surface area contributed by atoms with Crippen LogP contribution in [-0.4, -0.2) is 46.0 Å². The van der Waals surface area contributed by atoms with Gasteiger partial charge in [-0.05, 0) is 63.5 Å². The van der Waals surface area contributed by atoms with Crippen LogP contribution in [0.1, 0.15) is 36.8 Å². The van der Waals surface area contributed by atoms with Gasteiger partial charge in [0, 0.05) is 24.7 Å². The van der Waals surface area contributed by atoms with Gasteiger partial charge in [-0.1, -0.05) is 0 Å². The van der Waals surface area contributed by atoms with Gasteiger partial charge in [-0.2, -0.15) is 0 Å². The number of phenols is 1. The number of benzene rings is 1. The molecule has 2 saturated heterocycles. The van der Waals surface area contributed by atoms with Gasteiger partial charge in [-0.25, -0.2) is 0 Å². The molecule has 1 N–H and O–H groups in total. The van der Waals surface area contributed by atoms with Gasteiger partial charge in [-0.3, -0.25) is 19.9 Å². The first-order chi connectivity index (χ1) is 10.6. The molecule has 3 rings (SSSR count). The molecule has 6 heteroatoms. The summed E-state index contributed by atoms with van der Waals surface area (Å²) in [5.41, 5.74) is 1.46. The van der Waals surface area contributed by atoms with E-state index in [-0.39, 0.29) is 11.4 Å². The number of phenolic OH excluding ortho intramolecular Hbond substituents is 1. The smallest absolute Gasteiger partial charge is 0.311 e. The van der Waals surface area contributed by atoms with Crippen molar-refractivity contribution in [2.24, 2.45) is 0 Å². The number of hydrogen-bond acceptors (Lipinski definition) is 5. The number of likely N-dealkylation sites (tertiary alicyclic amines) is 2. The molecule has 1 aromatic rings. The molecule has 0 aliphatic carbocycles. The highest BCUT2D eigenvalue weighted by molar-refractivity contribution is 5.53. The van der Waals surface area contributed by atoms with Crippen LogP contribution in [0.15, 0.2) is 12.1 Å². The third-order valence-corrected chi connectivity index (χ3v) is 4.62. The molecule has 0 amide bonds. The van der Waals surface area contributed by atoms with Gasteiger partial charge in [0.2, 0.25) is 0 Å². The zero-order valence-electron chi connectivity index (χ0n) is 12.8. The van der Waals surface area contributed by atoms with Gasteiger partial charge in [0.25, 0.3) is 0 Å². The van der Waals surface area contributed by atoms with Gasteiger partial charge < -0.3 is 5.11 Å². The molecule has 22 heavy (non-hydrogen) atoms. The summed E-state index contributed by atoms with van der Waals surface area (Å²) in [4.78, 5) is 15.3. The summed E-state index contributed by atoms with van der Waals surface area (Å²) < 4.78 is 0. The topological polar surface area (TPSA) is 69.9 Å². The van der Waals surface area contributed by atoms with E-state index in [1.165, 1.54) is 18.9 Å². The van der Waals surface area contributed by atoms with Gasteiger partial charge >= 0.3 is 5.69 Å². The lowest BCUT2D eigenvalue weighted by Crippen LogP contribution is -2.20. The Morgan fingerprint density at radius 2 is 1.55 bits per heavy atom. The second-order valence-corrected chi connectivity index (χ2v) is 6.35. The van der Waals surface area contributed by atoms with Crippen LogP contribution >= 0.6 is 0 Å². The molecule has 1 aromatic carbocycles. The fourth-order valence-corrected chi connectivity index (χ4v) is 3.47. The van der Waals surface area contributed by atoms with Crippen LogP contribution < -0.4 is 0 Å². The number of aromatic hydroxyl groups is 1. The molecule has 2 fully saturated rings. The molecule has 0 unspecified atom stereocenters. The highest BCUT2D eigenvalue weighted by atomic mass is 16.6. The van der Waals surface area contributed by atoms with E-state index in [4.69, 9.17) is 0 Å². The van der Waals surface area contributed by atoms with Crippen LogP contribution in [0.25, 0.3) is 0 Å². The second kappa shape index (κ2) is 6.62. The fourth-order valence-electron chi connectivity index (χ4n) is 3.47. The van der Waals surface area contributed by atoms with E-state index >= 15 is 0 Å². The lowest BCUT2D eigenvalue weighted by Gasteiger charge is -2.18. The highest BCUT2D eigenvalue weighted by Gasteiger charge is 2.23. The van der Waals surface area contributed by atoms with Crippen LogP contribution in [-0.2, 0) is 13.1 Å². The maximum Gasteiger partial charge on any atom is 0.311 e. The zero-order chi connectivity index (χ0) is 15.5. The van der Waals surface area contributed by atoms with E-state index in [1.807, 2.05) is 6.07 Å². The summed E-state index contributed by atoms with van der Waals surface area (Å²) in [6, 6.07) is 3.47. The Morgan fingerprint density at radius 1 is 1.00 bits per heavy atom. The SMILES string of the molecule is O=[N+]([O-])c1cc(CN2CCCC2)cc(CN2CCCC2)c1O. The van der Waals surface area contributed by atoms with Crippen molar-refractivity contribution in [2.45, 2.75) is 38.8 Å². The predicted octanol–water partition coefficient (Wildman–Crippen LogP) is 2.49. The lowest BCUT2D eigenvalue weighted by atomic mass is 10.1. The minimum atomic E-state index is -0.476. The van der Waals surface area contributed by atoms with Gasteiger partial charge in [0.15, 0.2) is 5.75 Å². The molecule has 0 aromatic heterocycles. The minimum absolute atomic E-state index is 0.161. The molecule has 120 valence electrons. The van der Waals surface area contributed by atoms with E-state index in [0.29, 0.717) is 12.1 Å². The maximum atomic E-state index is 11.2. The predicted molar refractivity (Wildman–Crippen MR) is 83.8 cm³/mol. The van der Waals surface area contributed by atoms with E-state index in [2.05, 4.69) is 9.80 Å². The Kier molecular flexibility index (Phi) is 4.59. The van der Waals surface area contributed by atoms with Crippen LogP contribution in [0.2, 0.25) is 0 Å². The van der Waals surface area contributed by atoms with Crippen molar-refractivity contribution in [1.29, 1.82) is 0 Å². The Bertz CT molecular complexity index is 550. The molecular formula is C16H23N3O3. The van der Waals surface area contributed by atoms with Crippen LogP contribution in [0.4, 0.5) is 5.69 Å². The van der Waals surface area contributed by atoms with Crippen molar-refractivity contribution >= 4 is 5.69 Å². The normalized spacial score (nSPS) is 19.8. The van der Waals surface area contributed by atoms with E-state index < -0.39 is 4.92 Å². The van der Waals surface area contributed by atoms with E-state index in [9.17, 15) is 15.2 Å². The molecule has 6 nitrogen and oxygen atoms in total. The first-order valence-corrected chi connectivity index (χ1v) is 8.07. The number of nitro benzene ring substituents is 1. The second-order valence-electron chi connectivity index (χ2n) is 6.35. The van der Waals surface area contributed by atoms with Crippen LogP contribution in [0.5, 0.6) is 5.75 Å². The quantitative estimate of drug-likeness (QED) is 0.668. The molecule has 0 bridgehead atoms. The molecule has 0 spiro atoms. The molecule has 0 atom stereocenters. The largest absolute Gasteiger partial charge is 0.502 e.